The standard InChI is InChI=1S/C13H28NO5Si/c1-7-13(15)19-11-10-14(2,3)9-8-12-20(16-4,17-5)18-6/h7H,1,8-12H2,2-6H3/q+1. The Morgan fingerprint density at radius 2 is 1.70 bits per heavy atom. The summed E-state index contributed by atoms with van der Waals surface area (Å²) in [6.45, 7) is 5.43. The van der Waals surface area contributed by atoms with Crippen molar-refractivity contribution in [3.63, 3.8) is 0 Å². The summed E-state index contributed by atoms with van der Waals surface area (Å²) in [6, 6.07) is 0.768. The lowest BCUT2D eigenvalue weighted by atomic mass is 10.3. The number of rotatable bonds is 11. The van der Waals surface area contributed by atoms with Gasteiger partial charge in [0.15, 0.2) is 0 Å². The molecule has 0 atom stereocenters. The number of carbonyl (C=O) groups is 1. The molecule has 118 valence electrons. The Hall–Kier alpha value is -0.733. The van der Waals surface area contributed by atoms with Crippen LogP contribution in [0.4, 0.5) is 0 Å². The fourth-order valence-corrected chi connectivity index (χ4v) is 3.55. The van der Waals surface area contributed by atoms with E-state index < -0.39 is 8.80 Å². The largest absolute Gasteiger partial charge is 0.500 e. The minimum atomic E-state index is -2.48. The molecular weight excluding hydrogens is 278 g/mol. The molecule has 0 heterocycles. The lowest BCUT2D eigenvalue weighted by Gasteiger charge is -2.31. The number of hydrogen-bond acceptors (Lipinski definition) is 5. The van der Waals surface area contributed by atoms with Crippen molar-refractivity contribution in [3.8, 4) is 0 Å². The fraction of sp³-hybridized carbons (Fsp3) is 0.769. The number of esters is 1. The summed E-state index contributed by atoms with van der Waals surface area (Å²) in [4.78, 5) is 11.0. The Balaban J connectivity index is 4.08. The van der Waals surface area contributed by atoms with E-state index in [1.165, 1.54) is 6.08 Å². The lowest BCUT2D eigenvalue weighted by molar-refractivity contribution is -0.890. The molecule has 0 aromatic rings. The minimum absolute atomic E-state index is 0.380. The molecule has 0 saturated heterocycles. The highest BCUT2D eigenvalue weighted by Gasteiger charge is 2.37. The summed E-state index contributed by atoms with van der Waals surface area (Å²) in [5.74, 6) is -0.380. The van der Waals surface area contributed by atoms with Crippen LogP contribution in [-0.4, -0.2) is 74.4 Å². The molecule has 0 saturated carbocycles. The third kappa shape index (κ3) is 7.16. The van der Waals surface area contributed by atoms with Crippen molar-refractivity contribution in [3.05, 3.63) is 12.7 Å². The molecule has 20 heavy (non-hydrogen) atoms. The second-order valence-electron chi connectivity index (χ2n) is 5.15. The van der Waals surface area contributed by atoms with Gasteiger partial charge in [0.1, 0.15) is 13.2 Å². The third-order valence-corrected chi connectivity index (χ3v) is 6.12. The molecule has 6 nitrogen and oxygen atoms in total. The van der Waals surface area contributed by atoms with Crippen LogP contribution in [0.2, 0.25) is 6.04 Å². The minimum Gasteiger partial charge on any atom is -0.457 e. The second kappa shape index (κ2) is 9.25. The summed E-state index contributed by atoms with van der Waals surface area (Å²) < 4.78 is 21.9. The normalized spacial score (nSPS) is 12.2. The predicted molar refractivity (Wildman–Crippen MR) is 79.2 cm³/mol. The van der Waals surface area contributed by atoms with Gasteiger partial charge in [0.2, 0.25) is 0 Å². The average molecular weight is 306 g/mol. The van der Waals surface area contributed by atoms with E-state index in [4.69, 9.17) is 18.0 Å². The van der Waals surface area contributed by atoms with Crippen LogP contribution in [-0.2, 0) is 22.8 Å². The number of quaternary nitrogens is 1. The van der Waals surface area contributed by atoms with Crippen LogP contribution in [0.15, 0.2) is 12.7 Å². The maximum Gasteiger partial charge on any atom is 0.500 e. The van der Waals surface area contributed by atoms with Gasteiger partial charge in [0.05, 0.1) is 20.6 Å². The smallest absolute Gasteiger partial charge is 0.457 e. The molecular formula is C13H28NO5Si+. The molecule has 0 rings (SSSR count). The highest BCUT2D eigenvalue weighted by molar-refractivity contribution is 6.60. The van der Waals surface area contributed by atoms with Crippen LogP contribution in [0, 0.1) is 0 Å². The predicted octanol–water partition coefficient (Wildman–Crippen LogP) is 1.06. The molecule has 0 aromatic heterocycles. The van der Waals surface area contributed by atoms with Crippen LogP contribution in [0.1, 0.15) is 6.42 Å². The van der Waals surface area contributed by atoms with Gasteiger partial charge in [-0.25, -0.2) is 4.79 Å². The number of hydrogen-bond donors (Lipinski definition) is 0. The first-order valence-electron chi connectivity index (χ1n) is 6.61. The monoisotopic (exact) mass is 306 g/mol. The highest BCUT2D eigenvalue weighted by Crippen LogP contribution is 2.16. The highest BCUT2D eigenvalue weighted by atomic mass is 28.4. The summed E-state index contributed by atoms with van der Waals surface area (Å²) in [7, 11) is 6.57. The van der Waals surface area contributed by atoms with Crippen molar-refractivity contribution in [2.45, 2.75) is 12.5 Å². The molecule has 0 aliphatic carbocycles. The Morgan fingerprint density at radius 3 is 2.15 bits per heavy atom. The first-order chi connectivity index (χ1) is 9.34. The van der Waals surface area contributed by atoms with Gasteiger partial charge in [-0.05, 0) is 0 Å². The first kappa shape index (κ1) is 19.3. The summed E-state index contributed by atoms with van der Waals surface area (Å²) in [5.41, 5.74) is 0. The number of likely N-dealkylation sites (N-methyl/N-ethyl adjacent to an activating group) is 1. The van der Waals surface area contributed by atoms with Gasteiger partial charge in [-0.3, -0.25) is 0 Å². The molecule has 7 heteroatoms. The van der Waals surface area contributed by atoms with Crippen molar-refractivity contribution >= 4 is 14.8 Å². The maximum absolute atomic E-state index is 11.0. The molecule has 0 fully saturated rings. The van der Waals surface area contributed by atoms with Gasteiger partial charge in [0, 0.05) is 39.9 Å². The number of nitrogens with zero attached hydrogens (tertiary/aromatic N) is 1. The van der Waals surface area contributed by atoms with E-state index >= 15 is 0 Å². The quantitative estimate of drug-likeness (QED) is 0.247. The zero-order valence-corrected chi connectivity index (χ0v) is 14.3. The second-order valence-corrected chi connectivity index (χ2v) is 8.24. The average Bonchev–Trinajstić information content (AvgIpc) is 2.43. The SMILES string of the molecule is C=CC(=O)OCC[N+](C)(C)CCC[Si](OC)(OC)OC. The van der Waals surface area contributed by atoms with Crippen molar-refractivity contribution < 1.29 is 27.3 Å². The van der Waals surface area contributed by atoms with Crippen molar-refractivity contribution in [2.75, 3.05) is 55.1 Å². The van der Waals surface area contributed by atoms with E-state index in [0.29, 0.717) is 6.61 Å². The lowest BCUT2D eigenvalue weighted by Crippen LogP contribution is -2.46. The van der Waals surface area contributed by atoms with E-state index in [1.807, 2.05) is 0 Å². The van der Waals surface area contributed by atoms with Gasteiger partial charge in [-0.1, -0.05) is 6.58 Å². The summed E-state index contributed by atoms with van der Waals surface area (Å²) in [6.07, 6.45) is 2.10. The van der Waals surface area contributed by atoms with Crippen LogP contribution >= 0.6 is 0 Å². The van der Waals surface area contributed by atoms with E-state index in [-0.39, 0.29) is 5.97 Å². The van der Waals surface area contributed by atoms with E-state index in [9.17, 15) is 4.79 Å². The first-order valence-corrected chi connectivity index (χ1v) is 8.54. The zero-order chi connectivity index (χ0) is 15.6. The molecule has 0 bridgehead atoms. The van der Waals surface area contributed by atoms with Gasteiger partial charge in [-0.15, -0.1) is 0 Å². The van der Waals surface area contributed by atoms with Crippen LogP contribution < -0.4 is 0 Å². The van der Waals surface area contributed by atoms with Gasteiger partial charge < -0.3 is 22.5 Å². The Bertz CT molecular complexity index is 297. The van der Waals surface area contributed by atoms with Crippen LogP contribution in [0.3, 0.4) is 0 Å². The topological polar surface area (TPSA) is 54.0 Å². The molecule has 0 aromatic carbocycles. The van der Waals surface area contributed by atoms with Gasteiger partial charge >= 0.3 is 14.8 Å². The van der Waals surface area contributed by atoms with Crippen molar-refractivity contribution in [1.82, 2.24) is 0 Å². The van der Waals surface area contributed by atoms with Crippen LogP contribution in [0.5, 0.6) is 0 Å². The Kier molecular flexibility index (Phi) is 8.91. The maximum atomic E-state index is 11.0. The number of carbonyl (C=O) groups excluding carboxylic acids is 1. The van der Waals surface area contributed by atoms with E-state index in [0.717, 1.165) is 30.0 Å². The van der Waals surface area contributed by atoms with Crippen molar-refractivity contribution in [2.24, 2.45) is 0 Å². The summed E-state index contributed by atoms with van der Waals surface area (Å²) >= 11 is 0. The Labute approximate surface area is 123 Å². The fourth-order valence-electron chi connectivity index (χ4n) is 1.84. The molecule has 0 aliphatic rings. The summed E-state index contributed by atoms with van der Waals surface area (Å²) in [5, 5.41) is 0. The van der Waals surface area contributed by atoms with Crippen molar-refractivity contribution in [1.29, 1.82) is 0 Å². The molecule has 0 unspecified atom stereocenters. The molecule has 0 radical (unpaired) electrons. The third-order valence-electron chi connectivity index (χ3n) is 3.29. The Morgan fingerprint density at radius 1 is 1.15 bits per heavy atom. The molecule has 0 aliphatic heterocycles. The number of ether oxygens (including phenoxy) is 1. The van der Waals surface area contributed by atoms with Gasteiger partial charge in [0.25, 0.3) is 0 Å². The van der Waals surface area contributed by atoms with E-state index in [1.54, 1.807) is 21.3 Å². The van der Waals surface area contributed by atoms with E-state index in [2.05, 4.69) is 20.7 Å². The zero-order valence-electron chi connectivity index (χ0n) is 13.3. The van der Waals surface area contributed by atoms with Crippen LogP contribution in [0.25, 0.3) is 0 Å². The molecule has 0 amide bonds. The molecule has 0 spiro atoms. The van der Waals surface area contributed by atoms with Gasteiger partial charge in [-0.2, -0.15) is 0 Å². The molecule has 0 N–H and O–H groups in total.